The number of benzene rings is 4. The first-order chi connectivity index (χ1) is 25.2. The highest BCUT2D eigenvalue weighted by molar-refractivity contribution is 6.89. The number of anilines is 2. The van der Waals surface area contributed by atoms with Crippen molar-refractivity contribution < 1.29 is 0 Å². The predicted octanol–water partition coefficient (Wildman–Crippen LogP) is 11.1. The summed E-state index contributed by atoms with van der Waals surface area (Å²) in [5.41, 5.74) is 16.0. The van der Waals surface area contributed by atoms with Crippen molar-refractivity contribution in [2.75, 3.05) is 10.6 Å². The van der Waals surface area contributed by atoms with E-state index in [4.69, 9.17) is 9.98 Å². The van der Waals surface area contributed by atoms with Crippen LogP contribution in [0.2, 0.25) is 78.6 Å². The Hall–Kier alpha value is -4.71. The van der Waals surface area contributed by atoms with E-state index in [1.54, 1.807) is 0 Å². The van der Waals surface area contributed by atoms with E-state index < -0.39 is 32.3 Å². The Balaban J connectivity index is 1.60. The van der Waals surface area contributed by atoms with Gasteiger partial charge in [0.2, 0.25) is 0 Å². The van der Waals surface area contributed by atoms with Crippen molar-refractivity contribution in [2.45, 2.75) is 78.6 Å². The summed E-state index contributed by atoms with van der Waals surface area (Å²) in [6.07, 6.45) is 4.22. The highest BCUT2D eigenvalue weighted by atomic mass is 28.3. The van der Waals surface area contributed by atoms with Crippen LogP contribution in [-0.2, 0) is 0 Å². The highest BCUT2D eigenvalue weighted by Gasteiger charge is 2.21. The van der Waals surface area contributed by atoms with Crippen molar-refractivity contribution in [2.24, 2.45) is 9.98 Å². The van der Waals surface area contributed by atoms with Gasteiger partial charge < -0.3 is 10.6 Å². The molecule has 1 aliphatic carbocycles. The smallest absolute Gasteiger partial charge is 0.129 e. The van der Waals surface area contributed by atoms with Crippen LogP contribution in [0.3, 0.4) is 0 Å². The Bertz CT molecular complexity index is 2050. The zero-order valence-corrected chi connectivity index (χ0v) is 38.3. The zero-order valence-electron chi connectivity index (χ0n) is 34.3. The summed E-state index contributed by atoms with van der Waals surface area (Å²) >= 11 is 0. The average Bonchev–Trinajstić information content (AvgIpc) is 3.08. The Morgan fingerprint density at radius 1 is 0.407 bits per heavy atom. The van der Waals surface area contributed by atoms with E-state index in [9.17, 15) is 0 Å². The number of nitrogens with zero attached hydrogens (tertiary/aromatic N) is 2. The predicted molar refractivity (Wildman–Crippen MR) is 250 cm³/mol. The summed E-state index contributed by atoms with van der Waals surface area (Å²) in [6.45, 7) is 27.8. The van der Waals surface area contributed by atoms with Crippen LogP contribution in [0.4, 0.5) is 22.7 Å². The molecule has 8 heteroatoms. The molecule has 0 aliphatic heterocycles. The van der Waals surface area contributed by atoms with Gasteiger partial charge >= 0.3 is 0 Å². The Labute approximate surface area is 329 Å². The minimum absolute atomic E-state index is 0.808. The van der Waals surface area contributed by atoms with E-state index in [1.165, 1.54) is 10.4 Å². The Morgan fingerprint density at radius 2 is 0.722 bits per heavy atom. The number of rotatable bonds is 8. The van der Waals surface area contributed by atoms with Crippen molar-refractivity contribution in [3.05, 3.63) is 132 Å². The van der Waals surface area contributed by atoms with Gasteiger partial charge in [0.05, 0.1) is 50.3 Å². The SMILES string of the molecule is C[Si](C)(C)C#Cc1ccc(N=C2C=C(Nc3ccc([Si](C)(C)C)cc3)C(=Nc3ccc(C#C[Si](C)(C)C)cc3)C=C2Nc2ccc([Si](C)(C)C)cc2)cc1. The quantitative estimate of drug-likeness (QED) is 0.106. The molecule has 0 heterocycles. The van der Waals surface area contributed by atoms with Gasteiger partial charge in [-0.1, -0.05) is 125 Å². The summed E-state index contributed by atoms with van der Waals surface area (Å²) in [5.74, 6) is 6.73. The Morgan fingerprint density at radius 3 is 1.00 bits per heavy atom. The van der Waals surface area contributed by atoms with Gasteiger partial charge in [-0.3, -0.25) is 0 Å². The van der Waals surface area contributed by atoms with Crippen LogP contribution in [0.15, 0.2) is 131 Å². The van der Waals surface area contributed by atoms with Crippen molar-refractivity contribution >= 4 is 76.8 Å². The zero-order chi connectivity index (χ0) is 39.3. The molecule has 0 atom stereocenters. The van der Waals surface area contributed by atoms with Crippen LogP contribution in [0.1, 0.15) is 11.1 Å². The fraction of sp³-hybridized carbons (Fsp3) is 0.261. The summed E-state index contributed by atoms with van der Waals surface area (Å²) in [6, 6.07) is 34.2. The molecule has 5 rings (SSSR count). The van der Waals surface area contributed by atoms with Gasteiger partial charge in [0.25, 0.3) is 0 Å². The number of allylic oxidation sites excluding steroid dienone is 2. The van der Waals surface area contributed by atoms with Gasteiger partial charge in [-0.15, -0.1) is 11.1 Å². The second kappa shape index (κ2) is 16.3. The van der Waals surface area contributed by atoms with E-state index in [2.05, 4.69) is 197 Å². The van der Waals surface area contributed by atoms with E-state index in [0.717, 1.165) is 56.7 Å². The fourth-order valence-electron chi connectivity index (χ4n) is 5.42. The standard InChI is InChI=1S/C46H56N4Si4/c1-51(2,3)31-29-35-13-17-37(18-14-35)47-43-33-46(50-40-23-27-42(28-24-40)54(10,11)12)44(48-38-19-15-36(16-20-38)30-32-52(4,5)6)34-45(43)49-39-21-25-41(26-22-39)53(7,8)9/h13-28,33-34,49-50H,1-12H3. The van der Waals surface area contributed by atoms with Crippen LogP contribution in [0.5, 0.6) is 0 Å². The lowest BCUT2D eigenvalue weighted by Crippen LogP contribution is -2.37. The normalized spacial score (nSPS) is 15.0. The molecule has 276 valence electrons. The molecule has 0 saturated heterocycles. The van der Waals surface area contributed by atoms with Gasteiger partial charge in [-0.25, -0.2) is 9.98 Å². The summed E-state index contributed by atoms with van der Waals surface area (Å²) in [4.78, 5) is 10.4. The third-order valence-corrected chi connectivity index (χ3v) is 14.5. The van der Waals surface area contributed by atoms with Crippen molar-refractivity contribution in [3.8, 4) is 22.9 Å². The van der Waals surface area contributed by atoms with E-state index in [-0.39, 0.29) is 0 Å². The third-order valence-electron chi connectivity index (χ3n) is 8.57. The molecule has 0 amide bonds. The van der Waals surface area contributed by atoms with Crippen LogP contribution in [0.25, 0.3) is 0 Å². The maximum absolute atomic E-state index is 5.21. The molecule has 2 N–H and O–H groups in total. The largest absolute Gasteiger partial charge is 0.354 e. The van der Waals surface area contributed by atoms with E-state index >= 15 is 0 Å². The maximum Gasteiger partial charge on any atom is 0.129 e. The number of hydrogen-bond acceptors (Lipinski definition) is 4. The molecule has 0 spiro atoms. The summed E-state index contributed by atoms with van der Waals surface area (Å²) in [7, 11) is -5.85. The van der Waals surface area contributed by atoms with Gasteiger partial charge in [0.1, 0.15) is 16.1 Å². The lowest BCUT2D eigenvalue weighted by Gasteiger charge is -2.22. The number of nitrogens with one attached hydrogen (secondary N) is 2. The molecule has 0 bridgehead atoms. The third kappa shape index (κ3) is 12.2. The first kappa shape index (κ1) is 40.5. The van der Waals surface area contributed by atoms with Crippen LogP contribution in [0, 0.1) is 22.9 Å². The van der Waals surface area contributed by atoms with E-state index in [0.29, 0.717) is 0 Å². The summed E-state index contributed by atoms with van der Waals surface area (Å²) < 4.78 is 0. The average molecular weight is 777 g/mol. The van der Waals surface area contributed by atoms with Gasteiger partial charge in [0.15, 0.2) is 0 Å². The van der Waals surface area contributed by atoms with Crippen LogP contribution < -0.4 is 21.0 Å². The molecular weight excluding hydrogens is 721 g/mol. The molecule has 0 unspecified atom stereocenters. The molecule has 0 fully saturated rings. The lowest BCUT2D eigenvalue weighted by atomic mass is 10.0. The molecule has 4 aromatic rings. The Kier molecular flexibility index (Phi) is 12.2. The molecule has 4 nitrogen and oxygen atoms in total. The molecule has 54 heavy (non-hydrogen) atoms. The monoisotopic (exact) mass is 776 g/mol. The van der Waals surface area contributed by atoms with E-state index in [1.807, 2.05) is 24.3 Å². The first-order valence-electron chi connectivity index (χ1n) is 18.8. The van der Waals surface area contributed by atoms with Gasteiger partial charge in [0, 0.05) is 22.5 Å². The second-order valence-electron chi connectivity index (χ2n) is 18.1. The highest BCUT2D eigenvalue weighted by Crippen LogP contribution is 2.26. The molecule has 0 radical (unpaired) electrons. The van der Waals surface area contributed by atoms with Gasteiger partial charge in [-0.2, -0.15) is 0 Å². The molecule has 4 aromatic carbocycles. The minimum Gasteiger partial charge on any atom is -0.354 e. The molecule has 0 saturated carbocycles. The van der Waals surface area contributed by atoms with Crippen molar-refractivity contribution in [1.29, 1.82) is 0 Å². The number of aliphatic imine (C=N–C) groups is 2. The van der Waals surface area contributed by atoms with Crippen molar-refractivity contribution in [3.63, 3.8) is 0 Å². The molecule has 1 aliphatic rings. The van der Waals surface area contributed by atoms with Gasteiger partial charge in [-0.05, 0) is 84.9 Å². The van der Waals surface area contributed by atoms with Crippen molar-refractivity contribution in [1.82, 2.24) is 0 Å². The van der Waals surface area contributed by atoms with Crippen LogP contribution in [-0.4, -0.2) is 43.7 Å². The second-order valence-corrected chi connectivity index (χ2v) is 37.8. The number of hydrogen-bond donors (Lipinski definition) is 2. The fourth-order valence-corrected chi connectivity index (χ4v) is 8.79. The molecule has 0 aromatic heterocycles. The topological polar surface area (TPSA) is 48.8 Å². The summed E-state index contributed by atoms with van der Waals surface area (Å²) in [5, 5.41) is 10.3. The van der Waals surface area contributed by atoms with Crippen LogP contribution >= 0.6 is 0 Å². The lowest BCUT2D eigenvalue weighted by molar-refractivity contribution is 1.40. The molecular formula is C46H56N4Si4. The maximum atomic E-state index is 5.21. The minimum atomic E-state index is -1.48. The first-order valence-corrected chi connectivity index (χ1v) is 32.8.